The molecule has 3 amide bonds. The van der Waals surface area contributed by atoms with E-state index in [1.807, 2.05) is 49.1 Å². The zero-order valence-electron chi connectivity index (χ0n) is 18.6. The summed E-state index contributed by atoms with van der Waals surface area (Å²) in [5, 5.41) is 14.4. The maximum Gasteiger partial charge on any atom is 0.252 e. The third-order valence-electron chi connectivity index (χ3n) is 6.15. The van der Waals surface area contributed by atoms with Crippen molar-refractivity contribution < 1.29 is 19.5 Å². The standard InChI is InChI=1S/C25H31N3O4/c1-3-28(4-2)24(32)25(18-10-6-5-7-11-18)16-19(25)17-27-23(31)21-13-9-8-12-20(21)22(30)26-14-15-29/h5-13,19,29H,3-4,14-17H2,1-2H3,(H,26,30)(H,27,31). The fraction of sp³-hybridized carbons (Fsp3) is 0.400. The van der Waals surface area contributed by atoms with Gasteiger partial charge in [0.05, 0.1) is 23.1 Å². The van der Waals surface area contributed by atoms with Gasteiger partial charge in [0.2, 0.25) is 5.91 Å². The summed E-state index contributed by atoms with van der Waals surface area (Å²) >= 11 is 0. The number of nitrogens with one attached hydrogen (secondary N) is 2. The Balaban J connectivity index is 1.75. The van der Waals surface area contributed by atoms with Gasteiger partial charge in [0.1, 0.15) is 0 Å². The number of hydrogen-bond acceptors (Lipinski definition) is 4. The Morgan fingerprint density at radius 2 is 1.50 bits per heavy atom. The number of hydrogen-bond donors (Lipinski definition) is 3. The van der Waals surface area contributed by atoms with Crippen molar-refractivity contribution in [2.24, 2.45) is 5.92 Å². The first-order chi connectivity index (χ1) is 15.5. The molecular weight excluding hydrogens is 406 g/mol. The van der Waals surface area contributed by atoms with E-state index in [9.17, 15) is 14.4 Å². The quantitative estimate of drug-likeness (QED) is 0.529. The van der Waals surface area contributed by atoms with Crippen LogP contribution in [0.1, 0.15) is 46.5 Å². The highest BCUT2D eigenvalue weighted by Crippen LogP contribution is 2.55. The van der Waals surface area contributed by atoms with Crippen molar-refractivity contribution in [1.82, 2.24) is 15.5 Å². The number of carbonyl (C=O) groups is 3. The SMILES string of the molecule is CCN(CC)C(=O)C1(c2ccccc2)CC1CNC(=O)c1ccccc1C(=O)NCCO. The van der Waals surface area contributed by atoms with E-state index in [0.717, 1.165) is 5.56 Å². The van der Waals surface area contributed by atoms with Gasteiger partial charge in [0.15, 0.2) is 0 Å². The molecule has 0 aliphatic heterocycles. The lowest BCUT2D eigenvalue weighted by Gasteiger charge is -2.26. The number of likely N-dealkylation sites (N-methyl/N-ethyl adjacent to an activating group) is 1. The van der Waals surface area contributed by atoms with Crippen molar-refractivity contribution in [3.8, 4) is 0 Å². The van der Waals surface area contributed by atoms with Crippen LogP contribution in [0.3, 0.4) is 0 Å². The number of rotatable bonds is 10. The van der Waals surface area contributed by atoms with Crippen LogP contribution in [-0.2, 0) is 10.2 Å². The highest BCUT2D eigenvalue weighted by atomic mass is 16.3. The second-order valence-electron chi connectivity index (χ2n) is 7.95. The molecule has 7 heteroatoms. The van der Waals surface area contributed by atoms with E-state index in [4.69, 9.17) is 5.11 Å². The minimum atomic E-state index is -0.626. The van der Waals surface area contributed by atoms with Crippen molar-refractivity contribution in [2.45, 2.75) is 25.7 Å². The lowest BCUT2D eigenvalue weighted by Crippen LogP contribution is -2.41. The molecule has 1 fully saturated rings. The molecule has 0 radical (unpaired) electrons. The van der Waals surface area contributed by atoms with E-state index in [0.29, 0.717) is 26.1 Å². The Morgan fingerprint density at radius 3 is 2.06 bits per heavy atom. The van der Waals surface area contributed by atoms with Crippen LogP contribution >= 0.6 is 0 Å². The molecule has 3 rings (SSSR count). The fourth-order valence-corrected chi connectivity index (χ4v) is 4.30. The van der Waals surface area contributed by atoms with Gasteiger partial charge in [-0.25, -0.2) is 0 Å². The lowest BCUT2D eigenvalue weighted by molar-refractivity contribution is -0.134. The fourth-order valence-electron chi connectivity index (χ4n) is 4.30. The minimum Gasteiger partial charge on any atom is -0.395 e. The molecule has 0 aromatic heterocycles. The van der Waals surface area contributed by atoms with Crippen LogP contribution < -0.4 is 10.6 Å². The van der Waals surface area contributed by atoms with Gasteiger partial charge in [-0.1, -0.05) is 42.5 Å². The highest BCUT2D eigenvalue weighted by Gasteiger charge is 2.61. The van der Waals surface area contributed by atoms with Crippen LogP contribution in [0.15, 0.2) is 54.6 Å². The average molecular weight is 438 g/mol. The number of carbonyl (C=O) groups excluding carboxylic acids is 3. The summed E-state index contributed by atoms with van der Waals surface area (Å²) in [6, 6.07) is 16.3. The van der Waals surface area contributed by atoms with Gasteiger partial charge in [0, 0.05) is 26.2 Å². The normalized spacial score (nSPS) is 19.2. The summed E-state index contributed by atoms with van der Waals surface area (Å²) in [6.45, 7) is 5.50. The molecule has 1 saturated carbocycles. The molecule has 0 saturated heterocycles. The van der Waals surface area contributed by atoms with E-state index >= 15 is 0 Å². The number of nitrogens with zero attached hydrogens (tertiary/aromatic N) is 1. The van der Waals surface area contributed by atoms with Crippen molar-refractivity contribution >= 4 is 17.7 Å². The van der Waals surface area contributed by atoms with Crippen LogP contribution in [0.2, 0.25) is 0 Å². The largest absolute Gasteiger partial charge is 0.395 e. The first-order valence-corrected chi connectivity index (χ1v) is 11.1. The Hall–Kier alpha value is -3.19. The van der Waals surface area contributed by atoms with Crippen LogP contribution in [0.4, 0.5) is 0 Å². The molecule has 0 heterocycles. The summed E-state index contributed by atoms with van der Waals surface area (Å²) < 4.78 is 0. The van der Waals surface area contributed by atoms with Crippen molar-refractivity contribution in [1.29, 1.82) is 0 Å². The van der Waals surface area contributed by atoms with Gasteiger partial charge in [-0.2, -0.15) is 0 Å². The van der Waals surface area contributed by atoms with Crippen molar-refractivity contribution in [2.75, 3.05) is 32.8 Å². The molecular formula is C25H31N3O4. The Labute approximate surface area is 188 Å². The highest BCUT2D eigenvalue weighted by molar-refractivity contribution is 6.07. The van der Waals surface area contributed by atoms with E-state index < -0.39 is 11.3 Å². The molecule has 1 aliphatic rings. The summed E-state index contributed by atoms with van der Waals surface area (Å²) in [7, 11) is 0. The molecule has 2 unspecified atom stereocenters. The van der Waals surface area contributed by atoms with Crippen molar-refractivity contribution in [3.05, 3.63) is 71.3 Å². The van der Waals surface area contributed by atoms with Crippen LogP contribution in [0.25, 0.3) is 0 Å². The Bertz CT molecular complexity index is 959. The average Bonchev–Trinajstić information content (AvgIpc) is 3.57. The number of benzene rings is 2. The number of amides is 3. The summed E-state index contributed by atoms with van der Waals surface area (Å²) in [5.41, 5.74) is 0.866. The predicted molar refractivity (Wildman–Crippen MR) is 122 cm³/mol. The molecule has 2 aromatic carbocycles. The van der Waals surface area contributed by atoms with Crippen LogP contribution in [-0.4, -0.2) is 60.5 Å². The van der Waals surface area contributed by atoms with E-state index in [1.165, 1.54) is 0 Å². The molecule has 170 valence electrons. The van der Waals surface area contributed by atoms with Crippen LogP contribution in [0, 0.1) is 5.92 Å². The monoisotopic (exact) mass is 437 g/mol. The number of aliphatic hydroxyl groups is 1. The number of aliphatic hydroxyl groups excluding tert-OH is 1. The second kappa shape index (κ2) is 10.4. The minimum absolute atomic E-state index is 0.0164. The first kappa shape index (κ1) is 23.5. The maximum absolute atomic E-state index is 13.4. The summed E-state index contributed by atoms with van der Waals surface area (Å²) in [4.78, 5) is 40.5. The molecule has 7 nitrogen and oxygen atoms in total. The summed E-state index contributed by atoms with van der Waals surface area (Å²) in [6.07, 6.45) is 0.672. The van der Waals surface area contributed by atoms with Crippen molar-refractivity contribution in [3.63, 3.8) is 0 Å². The van der Waals surface area contributed by atoms with E-state index in [2.05, 4.69) is 10.6 Å². The van der Waals surface area contributed by atoms with E-state index in [-0.39, 0.29) is 42.0 Å². The summed E-state index contributed by atoms with van der Waals surface area (Å²) in [5.74, 6) is -0.690. The van der Waals surface area contributed by atoms with Gasteiger partial charge in [-0.05, 0) is 43.9 Å². The van der Waals surface area contributed by atoms with Crippen LogP contribution in [0.5, 0.6) is 0 Å². The molecule has 0 spiro atoms. The van der Waals surface area contributed by atoms with Gasteiger partial charge in [0.25, 0.3) is 11.8 Å². The third-order valence-corrected chi connectivity index (χ3v) is 6.15. The van der Waals surface area contributed by atoms with Gasteiger partial charge < -0.3 is 20.6 Å². The Morgan fingerprint density at radius 1 is 0.938 bits per heavy atom. The molecule has 3 N–H and O–H groups in total. The zero-order chi connectivity index (χ0) is 23.1. The first-order valence-electron chi connectivity index (χ1n) is 11.1. The molecule has 2 atom stereocenters. The molecule has 1 aliphatic carbocycles. The molecule has 32 heavy (non-hydrogen) atoms. The predicted octanol–water partition coefficient (Wildman–Crippen LogP) is 1.96. The topological polar surface area (TPSA) is 98.7 Å². The van der Waals surface area contributed by atoms with E-state index in [1.54, 1.807) is 24.3 Å². The smallest absolute Gasteiger partial charge is 0.252 e. The third kappa shape index (κ3) is 4.67. The van der Waals surface area contributed by atoms with Gasteiger partial charge >= 0.3 is 0 Å². The molecule has 2 aromatic rings. The Kier molecular flexibility index (Phi) is 7.64. The lowest BCUT2D eigenvalue weighted by atomic mass is 9.91. The van der Waals surface area contributed by atoms with Gasteiger partial charge in [-0.3, -0.25) is 14.4 Å². The second-order valence-corrected chi connectivity index (χ2v) is 7.95. The zero-order valence-corrected chi connectivity index (χ0v) is 18.6. The maximum atomic E-state index is 13.4. The molecule has 0 bridgehead atoms. The van der Waals surface area contributed by atoms with Gasteiger partial charge in [-0.15, -0.1) is 0 Å².